The lowest BCUT2D eigenvalue weighted by molar-refractivity contribution is 0.621. The predicted molar refractivity (Wildman–Crippen MR) is 53.4 cm³/mol. The van der Waals surface area contributed by atoms with E-state index in [2.05, 4.69) is 15.9 Å². The molecule has 3 heteroatoms. The second-order valence-corrected chi connectivity index (χ2v) is 3.29. The number of rotatable bonds is 2. The van der Waals surface area contributed by atoms with Crippen LogP contribution in [-0.4, -0.2) is 0 Å². The fraction of sp³-hybridized carbons (Fsp3) is 0.100. The van der Waals surface area contributed by atoms with Crippen molar-refractivity contribution >= 4 is 22.0 Å². The number of nitriles is 1. The minimum absolute atomic E-state index is 0.280. The highest BCUT2D eigenvalue weighted by atomic mass is 79.9. The van der Waals surface area contributed by atoms with Crippen LogP contribution in [0.5, 0.6) is 0 Å². The molecule has 0 aromatic heterocycles. The molecule has 1 rings (SSSR count). The molecule has 0 saturated heterocycles. The zero-order valence-corrected chi connectivity index (χ0v) is 8.38. The van der Waals surface area contributed by atoms with Crippen LogP contribution in [0.4, 0.5) is 4.39 Å². The summed E-state index contributed by atoms with van der Waals surface area (Å²) < 4.78 is 13.2. The Kier molecular flexibility index (Phi) is 3.66. The smallest absolute Gasteiger partial charge is 0.137 e. The first kappa shape index (κ1) is 9.94. The maximum atomic E-state index is 12.8. The zero-order valence-electron chi connectivity index (χ0n) is 6.80. The molecular weight excluding hydrogens is 233 g/mol. The third kappa shape index (κ3) is 3.00. The Labute approximate surface area is 84.6 Å². The average molecular weight is 240 g/mol. The van der Waals surface area contributed by atoms with Crippen LogP contribution in [0.1, 0.15) is 12.0 Å². The maximum Gasteiger partial charge on any atom is 0.137 e. The molecule has 0 unspecified atom stereocenters. The van der Waals surface area contributed by atoms with E-state index in [0.29, 0.717) is 10.9 Å². The molecule has 0 fully saturated rings. The predicted octanol–water partition coefficient (Wildman–Crippen LogP) is 3.52. The van der Waals surface area contributed by atoms with Crippen LogP contribution in [0.3, 0.4) is 0 Å². The second-order valence-electron chi connectivity index (χ2n) is 2.44. The number of hydrogen-bond acceptors (Lipinski definition) is 1. The first-order valence-electron chi connectivity index (χ1n) is 3.72. The summed E-state index contributed by atoms with van der Waals surface area (Å²) in [5.41, 5.74) is 0.878. The van der Waals surface area contributed by atoms with Crippen molar-refractivity contribution in [2.24, 2.45) is 0 Å². The van der Waals surface area contributed by atoms with Gasteiger partial charge in [-0.15, -0.1) is 0 Å². The largest absolute Gasteiger partial charge is 0.206 e. The van der Waals surface area contributed by atoms with Gasteiger partial charge in [0, 0.05) is 0 Å². The van der Waals surface area contributed by atoms with E-state index in [9.17, 15) is 4.39 Å². The topological polar surface area (TPSA) is 23.8 Å². The van der Waals surface area contributed by atoms with Gasteiger partial charge in [0.05, 0.1) is 17.0 Å². The van der Waals surface area contributed by atoms with Gasteiger partial charge in [0.2, 0.25) is 0 Å². The maximum absolute atomic E-state index is 12.8. The summed E-state index contributed by atoms with van der Waals surface area (Å²) in [6, 6.07) is 6.71. The van der Waals surface area contributed by atoms with Crippen molar-refractivity contribution in [3.8, 4) is 6.07 Å². The first-order valence-corrected chi connectivity index (χ1v) is 4.52. The Morgan fingerprint density at radius 1 is 1.54 bits per heavy atom. The summed E-state index contributed by atoms with van der Waals surface area (Å²) in [6.07, 6.45) is 3.89. The van der Waals surface area contributed by atoms with Gasteiger partial charge >= 0.3 is 0 Å². The lowest BCUT2D eigenvalue weighted by Crippen LogP contribution is -1.78. The number of allylic oxidation sites excluding steroid dienone is 1. The zero-order chi connectivity index (χ0) is 9.68. The molecule has 0 amide bonds. The molecule has 0 heterocycles. The van der Waals surface area contributed by atoms with E-state index in [4.69, 9.17) is 5.26 Å². The van der Waals surface area contributed by atoms with Crippen molar-refractivity contribution in [2.75, 3.05) is 0 Å². The van der Waals surface area contributed by atoms with Crippen molar-refractivity contribution < 1.29 is 4.39 Å². The van der Waals surface area contributed by atoms with E-state index in [0.717, 1.165) is 5.56 Å². The number of nitrogens with zero attached hydrogens (tertiary/aromatic N) is 1. The molecule has 13 heavy (non-hydrogen) atoms. The van der Waals surface area contributed by atoms with Crippen molar-refractivity contribution in [3.63, 3.8) is 0 Å². The standard InChI is InChI=1S/C10H7BrFN/c11-9-7-8(3-1-2-6-13)4-5-10(9)12/h1,3-5,7H,2H2. The average Bonchev–Trinajstić information content (AvgIpc) is 2.12. The van der Waals surface area contributed by atoms with E-state index in [1.807, 2.05) is 6.07 Å². The summed E-state index contributed by atoms with van der Waals surface area (Å²) in [5.74, 6) is -0.280. The van der Waals surface area contributed by atoms with Gasteiger partial charge in [-0.2, -0.15) is 5.26 Å². The van der Waals surface area contributed by atoms with E-state index in [1.165, 1.54) is 6.07 Å². The van der Waals surface area contributed by atoms with Gasteiger partial charge in [-0.25, -0.2) is 4.39 Å². The molecule has 1 aromatic carbocycles. The van der Waals surface area contributed by atoms with Crippen LogP contribution in [0, 0.1) is 17.1 Å². The minimum Gasteiger partial charge on any atom is -0.206 e. The van der Waals surface area contributed by atoms with E-state index < -0.39 is 0 Å². The number of halogens is 2. The van der Waals surface area contributed by atoms with Crippen LogP contribution >= 0.6 is 15.9 Å². The van der Waals surface area contributed by atoms with Crippen molar-refractivity contribution in [3.05, 3.63) is 40.1 Å². The molecule has 0 atom stereocenters. The van der Waals surface area contributed by atoms with Crippen molar-refractivity contribution in [1.29, 1.82) is 5.26 Å². The Bertz CT molecular complexity index is 366. The molecule has 1 nitrogen and oxygen atoms in total. The third-order valence-electron chi connectivity index (χ3n) is 1.46. The van der Waals surface area contributed by atoms with E-state index in [1.54, 1.807) is 24.3 Å². The SMILES string of the molecule is N#CCC=Cc1ccc(F)c(Br)c1. The molecular formula is C10H7BrFN. The fourth-order valence-corrected chi connectivity index (χ4v) is 1.26. The van der Waals surface area contributed by atoms with Gasteiger partial charge in [0.15, 0.2) is 0 Å². The van der Waals surface area contributed by atoms with Gasteiger partial charge < -0.3 is 0 Å². The van der Waals surface area contributed by atoms with Crippen molar-refractivity contribution in [1.82, 2.24) is 0 Å². The molecule has 0 spiro atoms. The molecule has 1 aromatic rings. The molecule has 0 radical (unpaired) electrons. The van der Waals surface area contributed by atoms with E-state index >= 15 is 0 Å². The van der Waals surface area contributed by atoms with Gasteiger partial charge in [-0.3, -0.25) is 0 Å². The molecule has 0 aliphatic carbocycles. The van der Waals surface area contributed by atoms with Gasteiger partial charge in [0.25, 0.3) is 0 Å². The van der Waals surface area contributed by atoms with Crippen molar-refractivity contribution in [2.45, 2.75) is 6.42 Å². The highest BCUT2D eigenvalue weighted by molar-refractivity contribution is 9.10. The first-order chi connectivity index (χ1) is 6.24. The quantitative estimate of drug-likeness (QED) is 0.775. The van der Waals surface area contributed by atoms with Crippen LogP contribution in [0.25, 0.3) is 6.08 Å². The van der Waals surface area contributed by atoms with Gasteiger partial charge in [-0.05, 0) is 33.6 Å². The molecule has 66 valence electrons. The molecule has 0 aliphatic rings. The lowest BCUT2D eigenvalue weighted by atomic mass is 10.2. The third-order valence-corrected chi connectivity index (χ3v) is 2.07. The summed E-state index contributed by atoms with van der Waals surface area (Å²) in [4.78, 5) is 0. The minimum atomic E-state index is -0.280. The normalized spacial score (nSPS) is 10.2. The van der Waals surface area contributed by atoms with Crippen LogP contribution in [0.15, 0.2) is 28.7 Å². The Morgan fingerprint density at radius 2 is 2.31 bits per heavy atom. The Morgan fingerprint density at radius 3 is 2.92 bits per heavy atom. The monoisotopic (exact) mass is 239 g/mol. The number of hydrogen-bond donors (Lipinski definition) is 0. The van der Waals surface area contributed by atoms with Gasteiger partial charge in [0.1, 0.15) is 5.82 Å². The molecule has 0 N–H and O–H groups in total. The van der Waals surface area contributed by atoms with Crippen LogP contribution < -0.4 is 0 Å². The summed E-state index contributed by atoms with van der Waals surface area (Å²) in [6.45, 7) is 0. The molecule has 0 bridgehead atoms. The highest BCUT2D eigenvalue weighted by Crippen LogP contribution is 2.17. The van der Waals surface area contributed by atoms with E-state index in [-0.39, 0.29) is 5.82 Å². The van der Waals surface area contributed by atoms with Gasteiger partial charge in [-0.1, -0.05) is 18.2 Å². The Balaban J connectivity index is 2.81. The summed E-state index contributed by atoms with van der Waals surface area (Å²) in [5, 5.41) is 8.27. The fourth-order valence-electron chi connectivity index (χ4n) is 0.864. The highest BCUT2D eigenvalue weighted by Gasteiger charge is 1.96. The number of benzene rings is 1. The molecule has 0 saturated carbocycles. The summed E-state index contributed by atoms with van der Waals surface area (Å²) in [7, 11) is 0. The lowest BCUT2D eigenvalue weighted by Gasteiger charge is -1.95. The molecule has 0 aliphatic heterocycles. The Hall–Kier alpha value is -1.14. The van der Waals surface area contributed by atoms with Crippen LogP contribution in [0.2, 0.25) is 0 Å². The second kappa shape index (κ2) is 4.78. The summed E-state index contributed by atoms with van der Waals surface area (Å²) >= 11 is 3.08. The van der Waals surface area contributed by atoms with Crippen LogP contribution in [-0.2, 0) is 0 Å².